The Morgan fingerprint density at radius 2 is 1.59 bits per heavy atom. The predicted molar refractivity (Wildman–Crippen MR) is 110 cm³/mol. The van der Waals surface area contributed by atoms with Crippen LogP contribution < -0.4 is 0 Å². The number of carboxylic acid groups (broad SMARTS) is 1. The Morgan fingerprint density at radius 1 is 0.966 bits per heavy atom. The summed E-state index contributed by atoms with van der Waals surface area (Å²) in [5.41, 5.74) is 1.71. The summed E-state index contributed by atoms with van der Waals surface area (Å²) in [4.78, 5) is 36.5. The first-order chi connectivity index (χ1) is 13.6. The lowest BCUT2D eigenvalue weighted by Crippen LogP contribution is -2.44. The molecule has 0 saturated carbocycles. The van der Waals surface area contributed by atoms with Crippen LogP contribution in [0.15, 0.2) is 54.6 Å². The van der Waals surface area contributed by atoms with E-state index < -0.39 is 24.0 Å². The molecule has 0 radical (unpaired) electrons. The molecule has 0 heterocycles. The van der Waals surface area contributed by atoms with Gasteiger partial charge >= 0.3 is 11.9 Å². The molecule has 0 spiro atoms. The second kappa shape index (κ2) is 9.47. The van der Waals surface area contributed by atoms with Crippen LogP contribution in [0.5, 0.6) is 0 Å². The first-order valence-electron chi connectivity index (χ1n) is 9.49. The topological polar surface area (TPSA) is 80.7 Å². The summed E-state index contributed by atoms with van der Waals surface area (Å²) in [5, 5.41) is 9.12. The number of likely N-dealkylation sites (N-methyl/N-ethyl adjacent to an activating group) is 1. The monoisotopic (exact) mass is 398 g/mol. The number of carbonyl (C=O) groups excluding carboxylic acids is 2. The van der Waals surface area contributed by atoms with Crippen molar-refractivity contribution >= 4 is 17.7 Å². The molecule has 2 atom stereocenters. The quantitative estimate of drug-likeness (QED) is 0.399. The van der Waals surface area contributed by atoms with Crippen LogP contribution in [0.3, 0.4) is 0 Å². The lowest BCUT2D eigenvalue weighted by atomic mass is 9.95. The Bertz CT molecular complexity index is 870. The number of hydrogen-bond donors (Lipinski definition) is 1. The summed E-state index contributed by atoms with van der Waals surface area (Å²) in [7, 11) is 5.72. The summed E-state index contributed by atoms with van der Waals surface area (Å²) in [5.74, 6) is -2.27. The van der Waals surface area contributed by atoms with Gasteiger partial charge in [-0.1, -0.05) is 48.5 Å². The highest BCUT2D eigenvalue weighted by Crippen LogP contribution is 2.21. The van der Waals surface area contributed by atoms with Gasteiger partial charge in [0.25, 0.3) is 0 Å². The Hall–Kier alpha value is -2.99. The lowest BCUT2D eigenvalue weighted by molar-refractivity contribution is -0.873. The third-order valence-electron chi connectivity index (χ3n) is 4.47. The van der Waals surface area contributed by atoms with E-state index in [1.807, 2.05) is 27.2 Å². The highest BCUT2D eigenvalue weighted by Gasteiger charge is 2.27. The normalized spacial score (nSPS) is 13.4. The van der Waals surface area contributed by atoms with Crippen LogP contribution in [0.2, 0.25) is 0 Å². The van der Waals surface area contributed by atoms with Gasteiger partial charge in [-0.15, -0.1) is 0 Å². The van der Waals surface area contributed by atoms with Crippen LogP contribution in [-0.2, 0) is 14.3 Å². The van der Waals surface area contributed by atoms with E-state index in [0.717, 1.165) is 0 Å². The first-order valence-corrected chi connectivity index (χ1v) is 9.49. The van der Waals surface area contributed by atoms with Crippen molar-refractivity contribution in [3.63, 3.8) is 0 Å². The van der Waals surface area contributed by atoms with E-state index in [9.17, 15) is 14.4 Å². The highest BCUT2D eigenvalue weighted by molar-refractivity contribution is 6.09. The molecule has 6 heteroatoms. The van der Waals surface area contributed by atoms with Gasteiger partial charge in [-0.25, -0.2) is 0 Å². The van der Waals surface area contributed by atoms with Gasteiger partial charge < -0.3 is 14.3 Å². The van der Waals surface area contributed by atoms with Crippen LogP contribution in [0.1, 0.15) is 40.7 Å². The average Bonchev–Trinajstić information content (AvgIpc) is 2.65. The van der Waals surface area contributed by atoms with Crippen molar-refractivity contribution in [3.8, 4) is 0 Å². The summed E-state index contributed by atoms with van der Waals surface area (Å²) in [6.45, 7) is 2.08. The summed E-state index contributed by atoms with van der Waals surface area (Å²) in [6.07, 6.45) is -0.975. The number of esters is 1. The van der Waals surface area contributed by atoms with Gasteiger partial charge in [-0.05, 0) is 18.6 Å². The number of carboxylic acids is 1. The molecule has 6 nitrogen and oxygen atoms in total. The minimum Gasteiger partial charge on any atom is -0.481 e. The molecule has 0 bridgehead atoms. The minimum atomic E-state index is -1.01. The van der Waals surface area contributed by atoms with E-state index in [-0.39, 0.29) is 12.2 Å². The molecule has 2 aromatic carbocycles. The number of quaternary nitrogens is 1. The molecule has 0 aliphatic carbocycles. The van der Waals surface area contributed by atoms with Crippen molar-refractivity contribution in [1.82, 2.24) is 0 Å². The van der Waals surface area contributed by atoms with Crippen LogP contribution in [0.4, 0.5) is 0 Å². The summed E-state index contributed by atoms with van der Waals surface area (Å²) >= 11 is 0. The molecular weight excluding hydrogens is 370 g/mol. The predicted octanol–water partition coefficient (Wildman–Crippen LogP) is 3.11. The number of rotatable bonds is 9. The molecule has 0 aliphatic rings. The number of hydrogen-bond acceptors (Lipinski definition) is 4. The first kappa shape index (κ1) is 22.3. The number of carbonyl (C=O) groups is 3. The molecule has 2 aromatic rings. The van der Waals surface area contributed by atoms with Gasteiger partial charge in [0, 0.05) is 11.1 Å². The molecule has 0 amide bonds. The van der Waals surface area contributed by atoms with Crippen molar-refractivity contribution in [2.75, 3.05) is 27.7 Å². The zero-order chi connectivity index (χ0) is 21.6. The maximum atomic E-state index is 12.7. The molecule has 1 unspecified atom stereocenters. The maximum absolute atomic E-state index is 12.7. The third kappa shape index (κ3) is 6.84. The summed E-state index contributed by atoms with van der Waals surface area (Å²) < 4.78 is 5.99. The largest absolute Gasteiger partial charge is 0.481 e. The molecular formula is C23H28NO5+. The van der Waals surface area contributed by atoms with Crippen molar-refractivity contribution in [3.05, 3.63) is 71.3 Å². The summed E-state index contributed by atoms with van der Waals surface area (Å²) in [6, 6.07) is 15.8. The van der Waals surface area contributed by atoms with Gasteiger partial charge in [-0.2, -0.15) is 0 Å². The molecule has 1 N–H and O–H groups in total. The SMILES string of the molecule is CC(C(=O)O[C@H](CC(=O)O)C[N+](C)(C)C)c1cccc(C(=O)c2ccccc2)c1. The average molecular weight is 398 g/mol. The number of ether oxygens (including phenoxy) is 1. The number of ketones is 1. The van der Waals surface area contributed by atoms with E-state index in [0.29, 0.717) is 27.7 Å². The fourth-order valence-corrected chi connectivity index (χ4v) is 3.06. The highest BCUT2D eigenvalue weighted by atomic mass is 16.5. The molecule has 0 aliphatic heterocycles. The Kier molecular flexibility index (Phi) is 7.29. The van der Waals surface area contributed by atoms with Gasteiger partial charge in [0.2, 0.25) is 0 Å². The fraction of sp³-hybridized carbons (Fsp3) is 0.348. The van der Waals surface area contributed by atoms with Crippen LogP contribution >= 0.6 is 0 Å². The van der Waals surface area contributed by atoms with E-state index in [1.165, 1.54) is 0 Å². The lowest BCUT2D eigenvalue weighted by Gasteiger charge is -2.29. The zero-order valence-electron chi connectivity index (χ0n) is 17.3. The third-order valence-corrected chi connectivity index (χ3v) is 4.47. The fourth-order valence-electron chi connectivity index (χ4n) is 3.06. The molecule has 0 fully saturated rings. The van der Waals surface area contributed by atoms with Crippen LogP contribution in [0, 0.1) is 0 Å². The van der Waals surface area contributed by atoms with Gasteiger partial charge in [0.1, 0.15) is 6.54 Å². The number of nitrogens with zero attached hydrogens (tertiary/aromatic N) is 1. The van der Waals surface area contributed by atoms with Gasteiger partial charge in [0.05, 0.1) is 33.5 Å². The smallest absolute Gasteiger partial charge is 0.313 e. The molecule has 29 heavy (non-hydrogen) atoms. The van der Waals surface area contributed by atoms with Crippen LogP contribution in [-0.4, -0.2) is 61.1 Å². The molecule has 0 saturated heterocycles. The van der Waals surface area contributed by atoms with E-state index in [1.54, 1.807) is 55.5 Å². The molecule has 154 valence electrons. The molecule has 2 rings (SSSR count). The Balaban J connectivity index is 2.16. The van der Waals surface area contributed by atoms with Crippen LogP contribution in [0.25, 0.3) is 0 Å². The van der Waals surface area contributed by atoms with Crippen molar-refractivity contribution < 1.29 is 28.7 Å². The standard InChI is InChI=1S/C23H27NO5/c1-16(23(28)29-20(14-21(25)26)15-24(2,3)4)18-11-8-12-19(13-18)22(27)17-9-6-5-7-10-17/h5-13,16,20H,14-15H2,1-4H3/p+1/t16?,20-/m1/s1. The van der Waals surface area contributed by atoms with Crippen molar-refractivity contribution in [2.24, 2.45) is 0 Å². The number of benzene rings is 2. The zero-order valence-corrected chi connectivity index (χ0v) is 17.3. The second-order valence-electron chi connectivity index (χ2n) is 8.17. The molecule has 0 aromatic heterocycles. The van der Waals surface area contributed by atoms with Crippen molar-refractivity contribution in [2.45, 2.75) is 25.4 Å². The Labute approximate surface area is 171 Å². The second-order valence-corrected chi connectivity index (χ2v) is 8.17. The van der Waals surface area contributed by atoms with Crippen molar-refractivity contribution in [1.29, 1.82) is 0 Å². The maximum Gasteiger partial charge on any atom is 0.313 e. The minimum absolute atomic E-state index is 0.123. The van der Waals surface area contributed by atoms with E-state index >= 15 is 0 Å². The van der Waals surface area contributed by atoms with E-state index in [4.69, 9.17) is 9.84 Å². The Morgan fingerprint density at radius 3 is 2.17 bits per heavy atom. The van der Waals surface area contributed by atoms with Gasteiger partial charge in [0.15, 0.2) is 11.9 Å². The van der Waals surface area contributed by atoms with E-state index in [2.05, 4.69) is 0 Å². The number of aliphatic carboxylic acids is 1. The van der Waals surface area contributed by atoms with Gasteiger partial charge in [-0.3, -0.25) is 14.4 Å².